The zero-order valence-electron chi connectivity index (χ0n) is 19.6. The summed E-state index contributed by atoms with van der Waals surface area (Å²) >= 11 is 6.04. The highest BCUT2D eigenvalue weighted by Gasteiger charge is 2.39. The summed E-state index contributed by atoms with van der Waals surface area (Å²) in [5.74, 6) is 0.690. The lowest BCUT2D eigenvalue weighted by molar-refractivity contribution is -0.141. The molecule has 2 fully saturated rings. The molecule has 1 saturated carbocycles. The Morgan fingerprint density at radius 1 is 0.882 bits per heavy atom. The molecule has 34 heavy (non-hydrogen) atoms. The van der Waals surface area contributed by atoms with Gasteiger partial charge in [-0.25, -0.2) is 4.79 Å². The molecule has 0 bridgehead atoms. The van der Waals surface area contributed by atoms with Crippen molar-refractivity contribution in [2.45, 2.75) is 44.7 Å². The second-order valence-electron chi connectivity index (χ2n) is 9.73. The first-order valence-electron chi connectivity index (χ1n) is 12.5. The van der Waals surface area contributed by atoms with Crippen LogP contribution in [-0.4, -0.2) is 65.4 Å². The number of hydrogen-bond donors (Lipinski definition) is 1. The lowest BCUT2D eigenvalue weighted by Gasteiger charge is -2.43. The second-order valence-corrected chi connectivity index (χ2v) is 10.2. The molecule has 0 unspecified atom stereocenters. The molecule has 1 N–H and O–H groups in total. The summed E-state index contributed by atoms with van der Waals surface area (Å²) in [6.07, 6.45) is 5.59. The fraction of sp³-hybridized carbons (Fsp3) is 0.481. The van der Waals surface area contributed by atoms with Crippen molar-refractivity contribution in [1.29, 1.82) is 0 Å². The van der Waals surface area contributed by atoms with Gasteiger partial charge in [-0.15, -0.1) is 0 Å². The molecule has 1 atom stereocenters. The van der Waals surface area contributed by atoms with Crippen LogP contribution in [-0.2, 0) is 17.8 Å². The summed E-state index contributed by atoms with van der Waals surface area (Å²) in [6.45, 7) is 4.18. The maximum absolute atomic E-state index is 13.9. The van der Waals surface area contributed by atoms with E-state index in [1.54, 1.807) is 12.1 Å². The maximum Gasteiger partial charge on any atom is 0.321 e. The number of benzene rings is 2. The first kappa shape index (κ1) is 23.2. The van der Waals surface area contributed by atoms with Crippen LogP contribution < -0.4 is 5.32 Å². The number of amides is 3. The fourth-order valence-electron chi connectivity index (χ4n) is 5.77. The average molecular weight is 481 g/mol. The third-order valence-electron chi connectivity index (χ3n) is 7.61. The molecule has 5 rings (SSSR count). The number of carbonyl (C=O) groups is 2. The van der Waals surface area contributed by atoms with Gasteiger partial charge in [0.25, 0.3) is 0 Å². The van der Waals surface area contributed by atoms with Gasteiger partial charge in [-0.05, 0) is 54.5 Å². The normalized spacial score (nSPS) is 20.1. The van der Waals surface area contributed by atoms with E-state index in [9.17, 15) is 9.59 Å². The number of fused-ring (bicyclic) bond motifs is 1. The van der Waals surface area contributed by atoms with Crippen molar-refractivity contribution >= 4 is 29.2 Å². The Balaban J connectivity index is 1.24. The zero-order chi connectivity index (χ0) is 23.5. The van der Waals surface area contributed by atoms with Crippen LogP contribution in [0.15, 0.2) is 48.5 Å². The molecule has 7 heteroatoms. The Bertz CT molecular complexity index is 1030. The number of anilines is 1. The van der Waals surface area contributed by atoms with E-state index >= 15 is 0 Å². The van der Waals surface area contributed by atoms with Gasteiger partial charge < -0.3 is 15.1 Å². The van der Waals surface area contributed by atoms with E-state index < -0.39 is 0 Å². The lowest BCUT2D eigenvalue weighted by atomic mass is 9.92. The molecule has 2 heterocycles. The molecule has 2 aromatic carbocycles. The smallest absolute Gasteiger partial charge is 0.321 e. The number of rotatable bonds is 4. The fourth-order valence-corrected chi connectivity index (χ4v) is 5.96. The van der Waals surface area contributed by atoms with Crippen LogP contribution in [0.5, 0.6) is 0 Å². The first-order chi connectivity index (χ1) is 16.6. The summed E-state index contributed by atoms with van der Waals surface area (Å²) in [4.78, 5) is 32.9. The number of hydrogen-bond acceptors (Lipinski definition) is 3. The summed E-state index contributed by atoms with van der Waals surface area (Å²) < 4.78 is 0. The van der Waals surface area contributed by atoms with Gasteiger partial charge in [0, 0.05) is 50.0 Å². The Labute approximate surface area is 206 Å². The van der Waals surface area contributed by atoms with Crippen molar-refractivity contribution in [3.05, 3.63) is 64.7 Å². The van der Waals surface area contributed by atoms with Crippen LogP contribution in [0.25, 0.3) is 0 Å². The van der Waals surface area contributed by atoms with Gasteiger partial charge in [-0.1, -0.05) is 54.8 Å². The van der Waals surface area contributed by atoms with Gasteiger partial charge in [-0.2, -0.15) is 0 Å². The molecule has 1 saturated heterocycles. The molecule has 180 valence electrons. The summed E-state index contributed by atoms with van der Waals surface area (Å²) in [7, 11) is 0. The van der Waals surface area contributed by atoms with Crippen LogP contribution in [0.1, 0.15) is 36.8 Å². The second kappa shape index (κ2) is 10.4. The van der Waals surface area contributed by atoms with Crippen LogP contribution in [0.3, 0.4) is 0 Å². The molecule has 3 aliphatic rings. The van der Waals surface area contributed by atoms with Gasteiger partial charge >= 0.3 is 6.03 Å². The number of halogens is 1. The predicted octanol–water partition coefficient (Wildman–Crippen LogP) is 4.63. The standard InChI is InChI=1S/C27H33ClN4O2/c28-23-10-5-11-24(18-23)29-27(34)31-16-14-30(15-17-31)25(21-7-2-3-8-21)26(33)32-13-12-20-6-1-4-9-22(20)19-32/h1,4-6,9-11,18,21,25H,2-3,7-8,12-17,19H2,(H,29,34)/t25-/m1/s1. The number of urea groups is 1. The third-order valence-corrected chi connectivity index (χ3v) is 7.85. The number of piperazine rings is 1. The number of nitrogens with zero attached hydrogens (tertiary/aromatic N) is 3. The quantitative estimate of drug-likeness (QED) is 0.694. The van der Waals surface area contributed by atoms with Gasteiger partial charge in [0.15, 0.2) is 0 Å². The van der Waals surface area contributed by atoms with E-state index in [-0.39, 0.29) is 18.0 Å². The van der Waals surface area contributed by atoms with Crippen molar-refractivity contribution in [2.24, 2.45) is 5.92 Å². The molecule has 2 aromatic rings. The highest BCUT2D eigenvalue weighted by molar-refractivity contribution is 6.30. The van der Waals surface area contributed by atoms with Crippen LogP contribution in [0.2, 0.25) is 5.02 Å². The van der Waals surface area contributed by atoms with Crippen molar-refractivity contribution in [1.82, 2.24) is 14.7 Å². The summed E-state index contributed by atoms with van der Waals surface area (Å²) in [5.41, 5.74) is 3.34. The van der Waals surface area contributed by atoms with Crippen molar-refractivity contribution < 1.29 is 9.59 Å². The third kappa shape index (κ3) is 5.08. The van der Waals surface area contributed by atoms with Crippen LogP contribution in [0, 0.1) is 5.92 Å². The monoisotopic (exact) mass is 480 g/mol. The minimum absolute atomic E-state index is 0.0779. The van der Waals surface area contributed by atoms with E-state index in [1.807, 2.05) is 17.0 Å². The van der Waals surface area contributed by atoms with Gasteiger partial charge in [0.05, 0.1) is 6.04 Å². The average Bonchev–Trinajstić information content (AvgIpc) is 3.38. The highest BCUT2D eigenvalue weighted by atomic mass is 35.5. The van der Waals surface area contributed by atoms with Crippen molar-refractivity contribution in [2.75, 3.05) is 38.0 Å². The van der Waals surface area contributed by atoms with E-state index in [0.29, 0.717) is 36.3 Å². The molecule has 0 aromatic heterocycles. The predicted molar refractivity (Wildman–Crippen MR) is 135 cm³/mol. The van der Waals surface area contributed by atoms with Crippen molar-refractivity contribution in [3.63, 3.8) is 0 Å². The molecular formula is C27H33ClN4O2. The van der Waals surface area contributed by atoms with Gasteiger partial charge in [-0.3, -0.25) is 9.69 Å². The molecule has 6 nitrogen and oxygen atoms in total. The van der Waals surface area contributed by atoms with E-state index in [4.69, 9.17) is 11.6 Å². The summed E-state index contributed by atoms with van der Waals surface area (Å²) in [5, 5.41) is 3.54. The highest BCUT2D eigenvalue weighted by Crippen LogP contribution is 2.33. The molecule has 0 radical (unpaired) electrons. The molecule has 1 aliphatic carbocycles. The topological polar surface area (TPSA) is 55.9 Å². The van der Waals surface area contributed by atoms with Crippen LogP contribution in [0.4, 0.5) is 10.5 Å². The molecule has 2 aliphatic heterocycles. The maximum atomic E-state index is 13.9. The number of nitrogens with one attached hydrogen (secondary N) is 1. The van der Waals surface area contributed by atoms with E-state index in [0.717, 1.165) is 38.9 Å². The van der Waals surface area contributed by atoms with Gasteiger partial charge in [0.1, 0.15) is 0 Å². The molecule has 0 spiro atoms. The van der Waals surface area contributed by atoms with Gasteiger partial charge in [0.2, 0.25) is 5.91 Å². The number of carbonyl (C=O) groups excluding carboxylic acids is 2. The molecule has 3 amide bonds. The summed E-state index contributed by atoms with van der Waals surface area (Å²) in [6, 6.07) is 15.5. The first-order valence-corrected chi connectivity index (χ1v) is 12.9. The van der Waals surface area contributed by atoms with E-state index in [1.165, 1.54) is 24.0 Å². The zero-order valence-corrected chi connectivity index (χ0v) is 20.3. The van der Waals surface area contributed by atoms with E-state index in [2.05, 4.69) is 39.4 Å². The Morgan fingerprint density at radius 2 is 1.62 bits per heavy atom. The SMILES string of the molecule is O=C(Nc1cccc(Cl)c1)N1CCN([C@@H](C(=O)N2CCc3ccccc3C2)C2CCCC2)CC1. The Hall–Kier alpha value is -2.57. The molecular weight excluding hydrogens is 448 g/mol. The minimum Gasteiger partial charge on any atom is -0.337 e. The van der Waals surface area contributed by atoms with Crippen molar-refractivity contribution in [3.8, 4) is 0 Å². The largest absolute Gasteiger partial charge is 0.337 e. The minimum atomic E-state index is -0.113. The lowest BCUT2D eigenvalue weighted by Crippen LogP contribution is -2.59. The Kier molecular flexibility index (Phi) is 7.07. The Morgan fingerprint density at radius 3 is 2.35 bits per heavy atom. The van der Waals surface area contributed by atoms with Crippen LogP contribution >= 0.6 is 11.6 Å².